The van der Waals surface area contributed by atoms with Crippen LogP contribution in [-0.4, -0.2) is 10.2 Å². The monoisotopic (exact) mass is 134 g/mol. The molecule has 1 aromatic heterocycles. The summed E-state index contributed by atoms with van der Waals surface area (Å²) in [5.74, 6) is 0. The number of nitrogens with zero attached hydrogens (tertiary/aromatic N) is 1. The number of aromatic amines is 1. The lowest BCUT2D eigenvalue weighted by molar-refractivity contribution is 1.06. The molecule has 10 heavy (non-hydrogen) atoms. The van der Waals surface area contributed by atoms with Crippen molar-refractivity contribution in [2.45, 2.75) is 6.42 Å². The van der Waals surface area contributed by atoms with Crippen LogP contribution in [0.2, 0.25) is 0 Å². The van der Waals surface area contributed by atoms with E-state index in [9.17, 15) is 0 Å². The Morgan fingerprint density at radius 3 is 3.60 bits per heavy atom. The van der Waals surface area contributed by atoms with Gasteiger partial charge >= 0.3 is 0 Å². The molecule has 1 aliphatic carbocycles. The lowest BCUT2D eigenvalue weighted by atomic mass is 10.4. The molecule has 0 aliphatic heterocycles. The van der Waals surface area contributed by atoms with Gasteiger partial charge in [0.1, 0.15) is 0 Å². The van der Waals surface area contributed by atoms with E-state index in [4.69, 9.17) is 0 Å². The second-order valence-corrected chi connectivity index (χ2v) is 2.27. The van der Waals surface area contributed by atoms with Crippen molar-refractivity contribution in [3.05, 3.63) is 28.9 Å². The zero-order valence-electron chi connectivity index (χ0n) is 5.54. The zero-order valence-corrected chi connectivity index (χ0v) is 5.54. The number of nitrogens with one attached hydrogen (secondary N) is 1. The molecule has 0 radical (unpaired) electrons. The minimum Gasteiger partial charge on any atom is -0.278 e. The molecule has 0 bridgehead atoms. The fourth-order valence-corrected chi connectivity index (χ4v) is 1.04. The van der Waals surface area contributed by atoms with E-state index in [-0.39, 0.29) is 1.43 Å². The molecule has 0 amide bonds. The molecular weight excluding hydrogens is 124 g/mol. The molecule has 0 unspecified atom stereocenters. The summed E-state index contributed by atoms with van der Waals surface area (Å²) in [4.78, 5) is 0. The first-order valence-corrected chi connectivity index (χ1v) is 3.33. The van der Waals surface area contributed by atoms with Gasteiger partial charge in [-0.05, 0) is 6.42 Å². The lowest BCUT2D eigenvalue weighted by Gasteiger charge is -1.73. The van der Waals surface area contributed by atoms with E-state index < -0.39 is 0 Å². The molecule has 2 rings (SSSR count). The highest BCUT2D eigenvalue weighted by atomic mass is 15.1. The summed E-state index contributed by atoms with van der Waals surface area (Å²) in [6.45, 7) is 0. The Hall–Kier alpha value is -1.31. The topological polar surface area (TPSA) is 28.7 Å². The van der Waals surface area contributed by atoms with Crippen LogP contribution in [-0.2, 0) is 0 Å². The number of allylic oxidation sites excluding steroid dienone is 2. The molecule has 0 saturated carbocycles. The van der Waals surface area contributed by atoms with Gasteiger partial charge in [0.2, 0.25) is 0 Å². The molecule has 1 aliphatic rings. The van der Waals surface area contributed by atoms with E-state index in [2.05, 4.69) is 34.5 Å². The number of aromatic nitrogens is 2. The van der Waals surface area contributed by atoms with Crippen LogP contribution in [0.1, 0.15) is 7.85 Å². The van der Waals surface area contributed by atoms with E-state index >= 15 is 0 Å². The van der Waals surface area contributed by atoms with Gasteiger partial charge in [0.15, 0.2) is 0 Å². The number of H-pyrrole nitrogens is 1. The Morgan fingerprint density at radius 1 is 1.60 bits per heavy atom. The Kier molecular flexibility index (Phi) is 1.17. The van der Waals surface area contributed by atoms with Gasteiger partial charge in [0, 0.05) is 6.65 Å². The molecule has 2 nitrogen and oxygen atoms in total. The van der Waals surface area contributed by atoms with Crippen LogP contribution >= 0.6 is 0 Å². The summed E-state index contributed by atoms with van der Waals surface area (Å²) in [5.41, 5.74) is 0. The van der Waals surface area contributed by atoms with Gasteiger partial charge in [-0.2, -0.15) is 5.10 Å². The SMILES string of the molecule is C1=CCC=c2[nH]ncc2=C1.[HH]. The quantitative estimate of drug-likeness (QED) is 0.538. The maximum absolute atomic E-state index is 3.92. The molecule has 0 atom stereocenters. The normalized spacial score (nSPS) is 14.8. The number of hydrogen-bond acceptors (Lipinski definition) is 1. The zero-order chi connectivity index (χ0) is 6.81. The third-order valence-electron chi connectivity index (χ3n) is 1.57. The van der Waals surface area contributed by atoms with Gasteiger partial charge in [0.25, 0.3) is 0 Å². The first-order chi connectivity index (χ1) is 4.97. The van der Waals surface area contributed by atoms with E-state index in [0.29, 0.717) is 0 Å². The van der Waals surface area contributed by atoms with E-state index in [0.717, 1.165) is 11.8 Å². The third-order valence-corrected chi connectivity index (χ3v) is 1.57. The standard InChI is InChI=1S/C8H8N2.H2/c1-2-4-7-6-9-10-8(7)5-3-1;/h1-2,4-6,10H,3H2;1H. The second-order valence-electron chi connectivity index (χ2n) is 2.27. The van der Waals surface area contributed by atoms with Crippen LogP contribution in [0, 0.1) is 0 Å². The van der Waals surface area contributed by atoms with Crippen LogP contribution in [0.25, 0.3) is 12.2 Å². The van der Waals surface area contributed by atoms with Crippen LogP contribution in [0.15, 0.2) is 18.3 Å². The van der Waals surface area contributed by atoms with Crippen molar-refractivity contribution in [2.75, 3.05) is 0 Å². The smallest absolute Gasteiger partial charge is 0.0613 e. The van der Waals surface area contributed by atoms with Crippen LogP contribution in [0.4, 0.5) is 0 Å². The van der Waals surface area contributed by atoms with Crippen LogP contribution in [0.3, 0.4) is 0 Å². The largest absolute Gasteiger partial charge is 0.278 e. The highest BCUT2D eigenvalue weighted by Crippen LogP contribution is 1.86. The van der Waals surface area contributed by atoms with Gasteiger partial charge in [-0.1, -0.05) is 24.3 Å². The molecule has 1 heterocycles. The van der Waals surface area contributed by atoms with Crippen molar-refractivity contribution < 1.29 is 1.43 Å². The molecule has 52 valence electrons. The molecule has 0 saturated heterocycles. The van der Waals surface area contributed by atoms with Crippen molar-refractivity contribution >= 4 is 12.2 Å². The van der Waals surface area contributed by atoms with Gasteiger partial charge in [-0.3, -0.25) is 5.10 Å². The summed E-state index contributed by atoms with van der Waals surface area (Å²) in [5, 5.41) is 9.15. The molecule has 2 heteroatoms. The molecule has 0 aromatic carbocycles. The first kappa shape index (κ1) is 5.47. The van der Waals surface area contributed by atoms with Crippen molar-refractivity contribution in [3.8, 4) is 0 Å². The van der Waals surface area contributed by atoms with Crippen molar-refractivity contribution in [2.24, 2.45) is 0 Å². The summed E-state index contributed by atoms with van der Waals surface area (Å²) < 4.78 is 0. The minimum absolute atomic E-state index is 0. The molecule has 0 spiro atoms. The predicted octanol–water partition coefficient (Wildman–Crippen LogP) is 0.177. The highest BCUT2D eigenvalue weighted by Gasteiger charge is 1.86. The van der Waals surface area contributed by atoms with E-state index in [1.807, 2.05) is 6.20 Å². The van der Waals surface area contributed by atoms with Gasteiger partial charge < -0.3 is 0 Å². The molecule has 0 fully saturated rings. The molecular formula is C8H10N2. The summed E-state index contributed by atoms with van der Waals surface area (Å²) >= 11 is 0. The Balaban J connectivity index is 0.000000605. The Bertz CT molecular complexity index is 362. The lowest BCUT2D eigenvalue weighted by Crippen LogP contribution is -2.20. The number of fused-ring (bicyclic) bond motifs is 1. The Morgan fingerprint density at radius 2 is 2.60 bits per heavy atom. The molecule has 1 aromatic rings. The summed E-state index contributed by atoms with van der Waals surface area (Å²) in [6.07, 6.45) is 11.2. The summed E-state index contributed by atoms with van der Waals surface area (Å²) in [7, 11) is 0. The third kappa shape index (κ3) is 0.778. The molecule has 1 N–H and O–H groups in total. The fraction of sp³-hybridized carbons (Fsp3) is 0.125. The van der Waals surface area contributed by atoms with E-state index in [1.165, 1.54) is 5.22 Å². The number of rotatable bonds is 0. The highest BCUT2D eigenvalue weighted by molar-refractivity contribution is 5.41. The van der Waals surface area contributed by atoms with Gasteiger partial charge in [-0.25, -0.2) is 0 Å². The predicted molar refractivity (Wildman–Crippen MR) is 42.6 cm³/mol. The van der Waals surface area contributed by atoms with Crippen LogP contribution in [0.5, 0.6) is 0 Å². The average molecular weight is 134 g/mol. The first-order valence-electron chi connectivity index (χ1n) is 3.33. The average Bonchev–Trinajstić information content (AvgIpc) is 2.28. The van der Waals surface area contributed by atoms with Crippen molar-refractivity contribution in [3.63, 3.8) is 0 Å². The van der Waals surface area contributed by atoms with Gasteiger partial charge in [0.05, 0.1) is 11.5 Å². The van der Waals surface area contributed by atoms with Crippen LogP contribution < -0.4 is 10.6 Å². The van der Waals surface area contributed by atoms with E-state index in [1.54, 1.807) is 0 Å². The van der Waals surface area contributed by atoms with Crippen molar-refractivity contribution in [1.82, 2.24) is 10.2 Å². The minimum atomic E-state index is 0. The fourth-order valence-electron chi connectivity index (χ4n) is 1.04. The second kappa shape index (κ2) is 2.14. The maximum atomic E-state index is 3.92. The number of hydrogen-bond donors (Lipinski definition) is 1. The Labute approximate surface area is 60.1 Å². The summed E-state index contributed by atoms with van der Waals surface area (Å²) in [6, 6.07) is 0. The van der Waals surface area contributed by atoms with Gasteiger partial charge in [-0.15, -0.1) is 0 Å². The van der Waals surface area contributed by atoms with Crippen molar-refractivity contribution in [1.29, 1.82) is 0 Å². The maximum Gasteiger partial charge on any atom is 0.0613 e.